The smallest absolute Gasteiger partial charge is 0.270 e. The van der Waals surface area contributed by atoms with E-state index in [1.165, 1.54) is 4.68 Å². The molecule has 2 aromatic heterocycles. The first-order chi connectivity index (χ1) is 13.9. The molecule has 0 saturated heterocycles. The van der Waals surface area contributed by atoms with Crippen LogP contribution in [0.3, 0.4) is 0 Å². The van der Waals surface area contributed by atoms with Crippen LogP contribution in [-0.2, 0) is 30.7 Å². The fourth-order valence-electron chi connectivity index (χ4n) is 2.90. The first-order valence-corrected chi connectivity index (χ1v) is 9.58. The summed E-state index contributed by atoms with van der Waals surface area (Å²) in [6.07, 6.45) is 3.87. The Morgan fingerprint density at radius 1 is 1.28 bits per heavy atom. The molecule has 3 N–H and O–H groups in total. The second-order valence-electron chi connectivity index (χ2n) is 6.70. The topological polar surface area (TPSA) is 103 Å². The van der Waals surface area contributed by atoms with Gasteiger partial charge in [-0.25, -0.2) is 4.68 Å². The van der Waals surface area contributed by atoms with E-state index in [-0.39, 0.29) is 24.4 Å². The number of benzene rings is 1. The number of pyridine rings is 1. The minimum absolute atomic E-state index is 0.0305. The first-order valence-electron chi connectivity index (χ1n) is 9.20. The summed E-state index contributed by atoms with van der Waals surface area (Å²) in [6, 6.07) is 10.7. The second kappa shape index (κ2) is 9.34. The Kier molecular flexibility index (Phi) is 6.61. The number of nitrogens with one attached hydrogen (secondary N) is 1. The van der Waals surface area contributed by atoms with Gasteiger partial charge in [0.1, 0.15) is 0 Å². The molecular weight excluding hydrogens is 390 g/mol. The predicted molar refractivity (Wildman–Crippen MR) is 113 cm³/mol. The van der Waals surface area contributed by atoms with Crippen LogP contribution in [0.15, 0.2) is 53.6 Å². The normalized spacial score (nSPS) is 10.7. The average Bonchev–Trinajstić information content (AvgIpc) is 2.72. The van der Waals surface area contributed by atoms with Crippen molar-refractivity contribution in [3.05, 3.63) is 86.6 Å². The summed E-state index contributed by atoms with van der Waals surface area (Å²) >= 11 is 5.97. The molecule has 3 rings (SSSR count). The molecule has 29 heavy (non-hydrogen) atoms. The number of hydrogen-bond donors (Lipinski definition) is 2. The number of nitrogens with two attached hydrogens (primary N) is 1. The number of nitrogen functional groups attached to an aromatic ring is 1. The largest absolute Gasteiger partial charge is 0.398 e. The number of carbonyl (C=O) groups is 1. The quantitative estimate of drug-likeness (QED) is 0.580. The summed E-state index contributed by atoms with van der Waals surface area (Å²) in [5.41, 5.74) is 8.90. The van der Waals surface area contributed by atoms with Gasteiger partial charge in [-0.15, -0.1) is 0 Å². The first kappa shape index (κ1) is 20.5. The predicted octanol–water partition coefficient (Wildman–Crippen LogP) is 2.28. The summed E-state index contributed by atoms with van der Waals surface area (Å²) in [6.45, 7) is 2.40. The Balaban J connectivity index is 1.67. The molecule has 0 aliphatic rings. The summed E-state index contributed by atoms with van der Waals surface area (Å²) < 4.78 is 1.37. The van der Waals surface area contributed by atoms with Gasteiger partial charge in [-0.05, 0) is 48.4 Å². The van der Waals surface area contributed by atoms with E-state index in [9.17, 15) is 9.59 Å². The lowest BCUT2D eigenvalue weighted by Gasteiger charge is -2.11. The highest BCUT2D eigenvalue weighted by Crippen LogP contribution is 2.17. The molecule has 150 valence electrons. The van der Waals surface area contributed by atoms with Gasteiger partial charge in [-0.1, -0.05) is 17.7 Å². The third kappa shape index (κ3) is 5.42. The van der Waals surface area contributed by atoms with Crippen molar-refractivity contribution in [1.82, 2.24) is 20.1 Å². The molecule has 0 radical (unpaired) electrons. The molecule has 0 spiro atoms. The Morgan fingerprint density at radius 3 is 2.86 bits per heavy atom. The zero-order valence-electron chi connectivity index (χ0n) is 16.1. The van der Waals surface area contributed by atoms with Crippen LogP contribution in [0.2, 0.25) is 5.02 Å². The monoisotopic (exact) mass is 411 g/mol. The third-order valence-electron chi connectivity index (χ3n) is 4.58. The van der Waals surface area contributed by atoms with E-state index in [1.807, 2.05) is 18.2 Å². The van der Waals surface area contributed by atoms with Crippen LogP contribution >= 0.6 is 11.6 Å². The lowest BCUT2D eigenvalue weighted by molar-refractivity contribution is -0.120. The fraction of sp³-hybridized carbons (Fsp3) is 0.238. The number of nitrogens with zero attached hydrogens (tertiary/aromatic N) is 3. The zero-order chi connectivity index (χ0) is 20.8. The van der Waals surface area contributed by atoms with Crippen molar-refractivity contribution in [3.63, 3.8) is 0 Å². The van der Waals surface area contributed by atoms with Gasteiger partial charge in [0.2, 0.25) is 5.91 Å². The van der Waals surface area contributed by atoms with Crippen molar-refractivity contribution in [2.45, 2.75) is 32.9 Å². The van der Waals surface area contributed by atoms with Crippen LogP contribution in [0.5, 0.6) is 0 Å². The number of amides is 1. The van der Waals surface area contributed by atoms with Crippen molar-refractivity contribution in [2.24, 2.45) is 0 Å². The van der Waals surface area contributed by atoms with E-state index in [2.05, 4.69) is 15.4 Å². The van der Waals surface area contributed by atoms with Crippen molar-refractivity contribution in [3.8, 4) is 0 Å². The Morgan fingerprint density at radius 2 is 2.10 bits per heavy atom. The van der Waals surface area contributed by atoms with Crippen LogP contribution in [0.1, 0.15) is 22.4 Å². The van der Waals surface area contributed by atoms with Crippen LogP contribution in [0.4, 0.5) is 5.69 Å². The van der Waals surface area contributed by atoms with Crippen LogP contribution < -0.4 is 16.6 Å². The lowest BCUT2D eigenvalue weighted by atomic mass is 10.1. The number of carbonyl (C=O) groups excluding carboxylic acids is 1. The number of halogens is 1. The fourth-order valence-corrected chi connectivity index (χ4v) is 3.09. The van der Waals surface area contributed by atoms with Gasteiger partial charge in [-0.2, -0.15) is 5.10 Å². The van der Waals surface area contributed by atoms with E-state index in [0.717, 1.165) is 11.3 Å². The Bertz CT molecular complexity index is 1070. The summed E-state index contributed by atoms with van der Waals surface area (Å²) in [7, 11) is 0. The van der Waals surface area contributed by atoms with E-state index in [4.69, 9.17) is 17.3 Å². The van der Waals surface area contributed by atoms with Gasteiger partial charge < -0.3 is 11.1 Å². The Hall–Kier alpha value is -3.19. The molecule has 0 fully saturated rings. The van der Waals surface area contributed by atoms with E-state index >= 15 is 0 Å². The minimum Gasteiger partial charge on any atom is -0.398 e. The molecule has 0 bridgehead atoms. The maximum Gasteiger partial charge on any atom is 0.270 e. The molecule has 1 aromatic carbocycles. The average molecular weight is 412 g/mol. The van der Waals surface area contributed by atoms with Gasteiger partial charge in [0.05, 0.1) is 19.2 Å². The molecule has 0 aliphatic carbocycles. The number of aryl methyl sites for hydroxylation is 3. The minimum atomic E-state index is -0.271. The van der Waals surface area contributed by atoms with E-state index < -0.39 is 0 Å². The highest BCUT2D eigenvalue weighted by molar-refractivity contribution is 6.30. The molecule has 7 nitrogen and oxygen atoms in total. The Labute approximate surface area is 173 Å². The number of hydrogen-bond acceptors (Lipinski definition) is 5. The van der Waals surface area contributed by atoms with Gasteiger partial charge in [-0.3, -0.25) is 14.6 Å². The summed E-state index contributed by atoms with van der Waals surface area (Å²) in [5, 5.41) is 7.53. The molecule has 2 heterocycles. The van der Waals surface area contributed by atoms with E-state index in [0.29, 0.717) is 34.8 Å². The van der Waals surface area contributed by atoms with Crippen LogP contribution in [0.25, 0.3) is 0 Å². The van der Waals surface area contributed by atoms with Gasteiger partial charge in [0.25, 0.3) is 5.56 Å². The lowest BCUT2D eigenvalue weighted by Crippen LogP contribution is -2.32. The molecule has 0 atom stereocenters. The van der Waals surface area contributed by atoms with Crippen molar-refractivity contribution < 1.29 is 4.79 Å². The molecule has 1 amide bonds. The molecule has 8 heteroatoms. The number of aromatic nitrogens is 3. The van der Waals surface area contributed by atoms with Crippen molar-refractivity contribution in [1.29, 1.82) is 0 Å². The molecule has 3 aromatic rings. The van der Waals surface area contributed by atoms with Crippen molar-refractivity contribution >= 4 is 23.2 Å². The standard InChI is InChI=1S/C21H22ClN5O2/c1-14-12-26-27(9-7-17-4-2-3-8-24-17)21(29)18(14)11-20(28)25-13-15-10-16(22)5-6-19(15)23/h2-6,8,10,12H,7,9,11,13,23H2,1H3,(H,25,28). The molecule has 0 unspecified atom stereocenters. The van der Waals surface area contributed by atoms with Gasteiger partial charge in [0, 0.05) is 41.1 Å². The highest BCUT2D eigenvalue weighted by Gasteiger charge is 2.13. The van der Waals surface area contributed by atoms with Gasteiger partial charge in [0.15, 0.2) is 0 Å². The van der Waals surface area contributed by atoms with Crippen LogP contribution in [0, 0.1) is 6.92 Å². The SMILES string of the molecule is Cc1cnn(CCc2ccccn2)c(=O)c1CC(=O)NCc1cc(Cl)ccc1N. The molecular formula is C21H22ClN5O2. The maximum absolute atomic E-state index is 12.8. The maximum atomic E-state index is 12.8. The third-order valence-corrected chi connectivity index (χ3v) is 4.82. The highest BCUT2D eigenvalue weighted by atomic mass is 35.5. The molecule has 0 aliphatic heterocycles. The molecule has 0 saturated carbocycles. The van der Waals surface area contributed by atoms with Crippen molar-refractivity contribution in [2.75, 3.05) is 5.73 Å². The number of anilines is 1. The van der Waals surface area contributed by atoms with Gasteiger partial charge >= 0.3 is 0 Å². The van der Waals surface area contributed by atoms with E-state index in [1.54, 1.807) is 37.5 Å². The summed E-state index contributed by atoms with van der Waals surface area (Å²) in [5.74, 6) is -0.271. The summed E-state index contributed by atoms with van der Waals surface area (Å²) in [4.78, 5) is 29.4. The number of rotatable bonds is 7. The van der Waals surface area contributed by atoms with Crippen LogP contribution in [-0.4, -0.2) is 20.7 Å². The second-order valence-corrected chi connectivity index (χ2v) is 7.14. The zero-order valence-corrected chi connectivity index (χ0v) is 16.8.